The molecule has 0 bridgehead atoms. The van der Waals surface area contributed by atoms with Crippen molar-refractivity contribution >= 4 is 22.8 Å². The van der Waals surface area contributed by atoms with Crippen LogP contribution in [0.5, 0.6) is 0 Å². The van der Waals surface area contributed by atoms with Crippen molar-refractivity contribution in [3.63, 3.8) is 0 Å². The Hall–Kier alpha value is -2.64. The summed E-state index contributed by atoms with van der Waals surface area (Å²) in [7, 11) is 0. The third-order valence-corrected chi connectivity index (χ3v) is 4.80. The molecule has 1 unspecified atom stereocenters. The minimum absolute atomic E-state index is 0.497. The Morgan fingerprint density at radius 1 is 1.22 bits per heavy atom. The Morgan fingerprint density at radius 2 is 2.00 bits per heavy atom. The fraction of sp³-hybridized carbons (Fsp3) is 0.400. The molecule has 7 nitrogen and oxygen atoms in total. The zero-order valence-corrected chi connectivity index (χ0v) is 15.5. The molecule has 1 aliphatic rings. The largest absolute Gasteiger partial charge is 0.388 e. The van der Waals surface area contributed by atoms with Gasteiger partial charge in [-0.25, -0.2) is 0 Å². The van der Waals surface area contributed by atoms with Gasteiger partial charge in [-0.2, -0.15) is 9.97 Å². The summed E-state index contributed by atoms with van der Waals surface area (Å²) in [4.78, 5) is 14.9. The summed E-state index contributed by atoms with van der Waals surface area (Å²) >= 11 is 0. The first-order valence-corrected chi connectivity index (χ1v) is 9.37. The van der Waals surface area contributed by atoms with E-state index < -0.39 is 6.10 Å². The number of anilines is 2. The Morgan fingerprint density at radius 3 is 2.78 bits per heavy atom. The quantitative estimate of drug-likeness (QED) is 0.621. The monoisotopic (exact) mass is 367 g/mol. The molecule has 1 aromatic carbocycles. The van der Waals surface area contributed by atoms with Crippen LogP contribution in [-0.2, 0) is 4.74 Å². The smallest absolute Gasteiger partial charge is 0.229 e. The van der Waals surface area contributed by atoms with Crippen molar-refractivity contribution in [1.29, 1.82) is 0 Å². The highest BCUT2D eigenvalue weighted by Crippen LogP contribution is 2.25. The van der Waals surface area contributed by atoms with Crippen LogP contribution in [0.1, 0.15) is 23.8 Å². The molecule has 1 fully saturated rings. The van der Waals surface area contributed by atoms with Crippen LogP contribution >= 0.6 is 0 Å². The number of ether oxygens (including phenoxy) is 1. The summed E-state index contributed by atoms with van der Waals surface area (Å²) < 4.78 is 5.43. The molecule has 0 radical (unpaired) electrons. The molecular weight excluding hydrogens is 342 g/mol. The number of nitrogens with zero attached hydrogens (tertiary/aromatic N) is 3. The Balaban J connectivity index is 1.51. The second kappa shape index (κ2) is 7.94. The van der Waals surface area contributed by atoms with E-state index in [0.717, 1.165) is 41.2 Å². The van der Waals surface area contributed by atoms with Gasteiger partial charge in [-0.3, -0.25) is 0 Å². The number of aromatic nitrogens is 3. The van der Waals surface area contributed by atoms with Gasteiger partial charge >= 0.3 is 0 Å². The van der Waals surface area contributed by atoms with E-state index in [1.165, 1.54) is 0 Å². The summed E-state index contributed by atoms with van der Waals surface area (Å²) in [6.45, 7) is 5.59. The van der Waals surface area contributed by atoms with Gasteiger partial charge in [-0.15, -0.1) is 0 Å². The second-order valence-corrected chi connectivity index (χ2v) is 6.83. The molecule has 4 rings (SSSR count). The lowest BCUT2D eigenvalue weighted by molar-refractivity contribution is 0.122. The zero-order chi connectivity index (χ0) is 18.6. The van der Waals surface area contributed by atoms with Crippen LogP contribution in [0, 0.1) is 6.92 Å². The van der Waals surface area contributed by atoms with Crippen molar-refractivity contribution in [2.45, 2.75) is 19.4 Å². The number of aliphatic hydroxyl groups is 1. The first-order valence-electron chi connectivity index (χ1n) is 9.37. The van der Waals surface area contributed by atoms with Crippen LogP contribution < -0.4 is 10.2 Å². The van der Waals surface area contributed by atoms with Gasteiger partial charge in [0.25, 0.3) is 0 Å². The number of aromatic amines is 1. The highest BCUT2D eigenvalue weighted by atomic mass is 16.5. The molecule has 0 amide bonds. The lowest BCUT2D eigenvalue weighted by atomic mass is 10.1. The summed E-state index contributed by atoms with van der Waals surface area (Å²) in [6, 6.07) is 11.8. The maximum atomic E-state index is 10.4. The average molecular weight is 367 g/mol. The molecule has 3 heterocycles. The SMILES string of the molecule is Cc1cc2c(NCCC(O)c3ccccc3)nc(N3CCOCC3)nc2[nH]1. The van der Waals surface area contributed by atoms with E-state index in [-0.39, 0.29) is 0 Å². The molecule has 3 aromatic rings. The van der Waals surface area contributed by atoms with Crippen molar-refractivity contribution in [2.24, 2.45) is 0 Å². The van der Waals surface area contributed by atoms with Gasteiger partial charge in [0, 0.05) is 25.3 Å². The number of aliphatic hydroxyl groups excluding tert-OH is 1. The molecular formula is C20H25N5O2. The number of morpholine rings is 1. The number of fused-ring (bicyclic) bond motifs is 1. The lowest BCUT2D eigenvalue weighted by Crippen LogP contribution is -2.37. The Kier molecular flexibility index (Phi) is 5.22. The number of nitrogens with one attached hydrogen (secondary N) is 2. The molecule has 3 N–H and O–H groups in total. The molecule has 1 atom stereocenters. The Bertz CT molecular complexity index is 890. The van der Waals surface area contributed by atoms with Crippen molar-refractivity contribution in [3.8, 4) is 0 Å². The minimum Gasteiger partial charge on any atom is -0.388 e. The van der Waals surface area contributed by atoms with Gasteiger partial charge in [-0.05, 0) is 25.0 Å². The molecule has 2 aromatic heterocycles. The van der Waals surface area contributed by atoms with E-state index >= 15 is 0 Å². The van der Waals surface area contributed by atoms with E-state index in [4.69, 9.17) is 9.72 Å². The molecule has 1 saturated heterocycles. The van der Waals surface area contributed by atoms with Gasteiger partial charge in [0.05, 0.1) is 24.7 Å². The van der Waals surface area contributed by atoms with Gasteiger partial charge < -0.3 is 25.0 Å². The van der Waals surface area contributed by atoms with Gasteiger partial charge in [0.1, 0.15) is 11.5 Å². The molecule has 0 aliphatic carbocycles. The first kappa shape index (κ1) is 17.8. The van der Waals surface area contributed by atoms with E-state index in [0.29, 0.717) is 32.1 Å². The van der Waals surface area contributed by atoms with Crippen molar-refractivity contribution < 1.29 is 9.84 Å². The van der Waals surface area contributed by atoms with Crippen LogP contribution in [0.15, 0.2) is 36.4 Å². The zero-order valence-electron chi connectivity index (χ0n) is 15.5. The predicted molar refractivity (Wildman–Crippen MR) is 106 cm³/mol. The van der Waals surface area contributed by atoms with E-state index in [1.54, 1.807) is 0 Å². The topological polar surface area (TPSA) is 86.3 Å². The third kappa shape index (κ3) is 4.04. The average Bonchev–Trinajstić information content (AvgIpc) is 3.09. The molecule has 0 saturated carbocycles. The fourth-order valence-corrected chi connectivity index (χ4v) is 3.34. The van der Waals surface area contributed by atoms with Crippen LogP contribution in [0.25, 0.3) is 11.0 Å². The van der Waals surface area contributed by atoms with Crippen LogP contribution in [0.2, 0.25) is 0 Å². The summed E-state index contributed by atoms with van der Waals surface area (Å²) in [6.07, 6.45) is 0.105. The van der Waals surface area contributed by atoms with E-state index in [9.17, 15) is 5.11 Å². The Labute approximate surface area is 158 Å². The van der Waals surface area contributed by atoms with Crippen LogP contribution in [0.4, 0.5) is 11.8 Å². The fourth-order valence-electron chi connectivity index (χ4n) is 3.34. The van der Waals surface area contributed by atoms with Gasteiger partial charge in [0.2, 0.25) is 5.95 Å². The maximum absolute atomic E-state index is 10.4. The lowest BCUT2D eigenvalue weighted by Gasteiger charge is -2.27. The summed E-state index contributed by atoms with van der Waals surface area (Å²) in [5.41, 5.74) is 2.81. The highest BCUT2D eigenvalue weighted by molar-refractivity contribution is 5.89. The van der Waals surface area contributed by atoms with Crippen molar-refractivity contribution in [1.82, 2.24) is 15.0 Å². The maximum Gasteiger partial charge on any atom is 0.229 e. The third-order valence-electron chi connectivity index (χ3n) is 4.80. The molecule has 27 heavy (non-hydrogen) atoms. The summed E-state index contributed by atoms with van der Waals surface area (Å²) in [5.74, 6) is 1.50. The number of aryl methyl sites for hydroxylation is 1. The van der Waals surface area contributed by atoms with E-state index in [2.05, 4.69) is 20.2 Å². The molecule has 1 aliphatic heterocycles. The molecule has 142 valence electrons. The molecule has 0 spiro atoms. The van der Waals surface area contributed by atoms with Gasteiger partial charge in [-0.1, -0.05) is 30.3 Å². The first-order chi connectivity index (χ1) is 13.2. The number of hydrogen-bond donors (Lipinski definition) is 3. The normalized spacial score (nSPS) is 15.9. The van der Waals surface area contributed by atoms with Crippen LogP contribution in [0.3, 0.4) is 0 Å². The number of rotatable bonds is 6. The van der Waals surface area contributed by atoms with Crippen molar-refractivity contribution in [3.05, 3.63) is 47.7 Å². The van der Waals surface area contributed by atoms with Crippen LogP contribution in [-0.4, -0.2) is 52.9 Å². The van der Waals surface area contributed by atoms with Crippen molar-refractivity contribution in [2.75, 3.05) is 43.1 Å². The highest BCUT2D eigenvalue weighted by Gasteiger charge is 2.18. The summed E-state index contributed by atoms with van der Waals surface area (Å²) in [5, 5.41) is 14.7. The number of hydrogen-bond acceptors (Lipinski definition) is 6. The standard InChI is InChI=1S/C20H25N5O2/c1-14-13-16-18(21-8-7-17(26)15-5-3-2-4-6-15)23-20(24-19(16)22-14)25-9-11-27-12-10-25/h2-6,13,17,26H,7-12H2,1H3,(H2,21,22,23,24). The minimum atomic E-state index is -0.497. The van der Waals surface area contributed by atoms with Gasteiger partial charge in [0.15, 0.2) is 0 Å². The second-order valence-electron chi connectivity index (χ2n) is 6.83. The number of H-pyrrole nitrogens is 1. The molecule has 7 heteroatoms. The van der Waals surface area contributed by atoms with E-state index in [1.807, 2.05) is 43.3 Å². The number of benzene rings is 1. The predicted octanol–water partition coefficient (Wildman–Crippen LogP) is 2.64.